The summed E-state index contributed by atoms with van der Waals surface area (Å²) in [7, 11) is 0. The molecular formula is C56H78N16O13. The first-order valence-corrected chi connectivity index (χ1v) is 27.9. The van der Waals surface area contributed by atoms with Gasteiger partial charge in [0.2, 0.25) is 47.3 Å². The lowest BCUT2D eigenvalue weighted by Gasteiger charge is -2.32. The van der Waals surface area contributed by atoms with Crippen molar-refractivity contribution in [3.63, 3.8) is 0 Å². The van der Waals surface area contributed by atoms with Gasteiger partial charge in [-0.15, -0.1) is 0 Å². The number of guanidine groups is 1. The van der Waals surface area contributed by atoms with Crippen LogP contribution < -0.4 is 54.4 Å². The predicted molar refractivity (Wildman–Crippen MR) is 307 cm³/mol. The number of benzene rings is 2. The zero-order valence-corrected chi connectivity index (χ0v) is 47.8. The van der Waals surface area contributed by atoms with E-state index in [-0.39, 0.29) is 69.7 Å². The van der Waals surface area contributed by atoms with E-state index in [1.807, 2.05) is 0 Å². The van der Waals surface area contributed by atoms with Crippen LogP contribution in [0.25, 0.3) is 0 Å². The number of nitrogens with one attached hydrogen (secondary N) is 9. The number of carbonyl (C=O) groups is 10. The van der Waals surface area contributed by atoms with E-state index in [9.17, 15) is 63.3 Å². The molecule has 0 radical (unpaired) electrons. The molecule has 3 heterocycles. The molecule has 0 unspecified atom stereocenters. The van der Waals surface area contributed by atoms with Gasteiger partial charge in [0.1, 0.15) is 54.1 Å². The Morgan fingerprint density at radius 3 is 1.75 bits per heavy atom. The number of imidazole rings is 2. The smallest absolute Gasteiger partial charge is 0.326 e. The number of rotatable bonds is 33. The molecule has 1 aliphatic rings. The predicted octanol–water partition coefficient (Wildman–Crippen LogP) is -1.86. The number of hydrogen-bond donors (Lipinski definition) is 15. The summed E-state index contributed by atoms with van der Waals surface area (Å²) in [5.74, 6) is -10.7. The first-order chi connectivity index (χ1) is 40.4. The second-order valence-corrected chi connectivity index (χ2v) is 21.2. The van der Waals surface area contributed by atoms with E-state index < -0.39 is 132 Å². The van der Waals surface area contributed by atoms with Crippen molar-refractivity contribution in [3.05, 3.63) is 102 Å². The highest BCUT2D eigenvalue weighted by Gasteiger charge is 2.41. The lowest BCUT2D eigenvalue weighted by atomic mass is 9.96. The summed E-state index contributed by atoms with van der Waals surface area (Å²) < 4.78 is 0. The maximum absolute atomic E-state index is 14.9. The number of H-pyrrole nitrogens is 2. The fraction of sp³-hybridized carbons (Fsp3) is 0.482. The number of nitrogens with two attached hydrogens (primary N) is 3. The molecule has 0 spiro atoms. The zero-order valence-electron chi connectivity index (χ0n) is 47.8. The second kappa shape index (κ2) is 32.4. The lowest BCUT2D eigenvalue weighted by molar-refractivity contribution is -0.143. The van der Waals surface area contributed by atoms with Gasteiger partial charge in [-0.3, -0.25) is 48.1 Å². The third-order valence-corrected chi connectivity index (χ3v) is 14.3. The maximum Gasteiger partial charge on any atom is 0.326 e. The number of aliphatic imine (C=N–C) groups is 1. The summed E-state index contributed by atoms with van der Waals surface area (Å²) in [5.41, 5.74) is 18.7. The Hall–Kier alpha value is -9.41. The van der Waals surface area contributed by atoms with E-state index in [4.69, 9.17) is 17.2 Å². The van der Waals surface area contributed by atoms with Crippen molar-refractivity contribution >= 4 is 65.2 Å². The van der Waals surface area contributed by atoms with Gasteiger partial charge in [-0.1, -0.05) is 76.6 Å². The number of aromatic amines is 2. The highest BCUT2D eigenvalue weighted by molar-refractivity contribution is 5.99. The molecule has 18 N–H and O–H groups in total. The Balaban J connectivity index is 1.38. The number of carbonyl (C=O) groups excluding carboxylic acids is 8. The molecule has 0 aliphatic carbocycles. The summed E-state index contributed by atoms with van der Waals surface area (Å²) in [6, 6.07) is 2.25. The third kappa shape index (κ3) is 20.8. The van der Waals surface area contributed by atoms with E-state index in [1.165, 1.54) is 54.2 Å². The summed E-state index contributed by atoms with van der Waals surface area (Å²) in [6.07, 6.45) is 5.29. The molecular weight excluding hydrogens is 1100 g/mol. The van der Waals surface area contributed by atoms with Gasteiger partial charge < -0.3 is 84.6 Å². The average Bonchev–Trinajstić information content (AvgIpc) is 4.24. The molecule has 29 nitrogen and oxygen atoms in total. The number of phenolic OH excluding ortho intramolecular Hbond substituents is 1. The third-order valence-electron chi connectivity index (χ3n) is 14.3. The van der Waals surface area contributed by atoms with Crippen LogP contribution in [0.2, 0.25) is 0 Å². The van der Waals surface area contributed by atoms with Crippen molar-refractivity contribution in [2.45, 2.75) is 146 Å². The number of likely N-dealkylation sites (tertiary alicyclic amines) is 1. The molecule has 8 amide bonds. The molecule has 10 atom stereocenters. The van der Waals surface area contributed by atoms with Gasteiger partial charge in [0.25, 0.3) is 0 Å². The molecule has 4 aromatic rings. The Morgan fingerprint density at radius 1 is 0.659 bits per heavy atom. The minimum Gasteiger partial charge on any atom is -0.508 e. The zero-order chi connectivity index (χ0) is 62.3. The molecule has 0 bridgehead atoms. The SMILES string of the molecule is CC[C@H](C)[C@H](NC(=O)[C@H](Cc1ccc(O)cc1)NC(=O)[C@@H](NC(=O)[C@H](CCCN=C(N)N)NC(=O)[C@@H](N)CC(=O)O)C(C)C)C(=O)N[C@@H](Cc1cnc[nH]1)C(=O)N1CCC[C@H]1C(=O)N[C@@H](Cc1ccccc1)C(=O)N[C@@H](Cc1cnc[nH]1)C(=O)O. The molecule has 460 valence electrons. The lowest BCUT2D eigenvalue weighted by Crippen LogP contribution is -2.62. The molecule has 0 saturated carbocycles. The van der Waals surface area contributed by atoms with Crippen molar-refractivity contribution < 1.29 is 63.3 Å². The molecule has 29 heteroatoms. The summed E-state index contributed by atoms with van der Waals surface area (Å²) >= 11 is 0. The maximum atomic E-state index is 14.9. The number of hydrogen-bond acceptors (Lipinski definition) is 15. The largest absolute Gasteiger partial charge is 0.508 e. The number of phenols is 1. The first-order valence-electron chi connectivity index (χ1n) is 27.9. The van der Waals surface area contributed by atoms with Gasteiger partial charge in [0, 0.05) is 62.6 Å². The van der Waals surface area contributed by atoms with E-state index >= 15 is 0 Å². The van der Waals surface area contributed by atoms with E-state index in [0.717, 1.165) is 0 Å². The number of aromatic nitrogens is 4. The molecule has 1 aliphatic heterocycles. The Morgan fingerprint density at radius 2 is 1.19 bits per heavy atom. The Labute approximate surface area is 490 Å². The standard InChI is InChI=1S/C56H78N16O13/c1-5-31(4)46(71-50(79)40(22-33-15-17-36(73)18-16-33)67-52(81)45(30(2)3)70-48(77)38(13-9-19-62-56(58)59)65-47(76)37(57)25-44(74)75)53(82)68-41(23-34-26-60-28-63-34)54(83)72-20-10-14-43(72)51(80)66-39(21-32-11-7-6-8-12-32)49(78)69-42(55(84)85)24-35-27-61-29-64-35/h6-8,11-12,15-18,26-31,37-43,45-46,73H,5,9-10,13-14,19-25,57H2,1-4H3,(H,60,63)(H,61,64)(H,65,76)(H,66,80)(H,67,81)(H,68,82)(H,69,78)(H,70,77)(H,71,79)(H,74,75)(H,84,85)(H4,58,59,62)/t31-,37-,38-,39-,40-,41-,42-,43-,45-,46-/m0/s1. The first kappa shape index (κ1) is 66.4. The number of carboxylic acid groups (broad SMARTS) is 2. The van der Waals surface area contributed by atoms with Crippen LogP contribution in [-0.4, -0.2) is 173 Å². The molecule has 85 heavy (non-hydrogen) atoms. The second-order valence-electron chi connectivity index (χ2n) is 21.2. The number of carboxylic acids is 2. The van der Waals surface area contributed by atoms with Gasteiger partial charge in [-0.25, -0.2) is 14.8 Å². The van der Waals surface area contributed by atoms with Gasteiger partial charge in [0.05, 0.1) is 25.1 Å². The molecule has 2 aromatic heterocycles. The van der Waals surface area contributed by atoms with Crippen molar-refractivity contribution in [2.75, 3.05) is 13.1 Å². The summed E-state index contributed by atoms with van der Waals surface area (Å²) in [5, 5.41) is 48.0. The van der Waals surface area contributed by atoms with Crippen LogP contribution >= 0.6 is 0 Å². The van der Waals surface area contributed by atoms with Gasteiger partial charge in [-0.2, -0.15) is 0 Å². The van der Waals surface area contributed by atoms with E-state index in [0.29, 0.717) is 35.4 Å². The van der Waals surface area contributed by atoms with Crippen molar-refractivity contribution in [3.8, 4) is 5.75 Å². The van der Waals surface area contributed by atoms with Gasteiger partial charge in [-0.05, 0) is 60.8 Å². The van der Waals surface area contributed by atoms with E-state index in [2.05, 4.69) is 62.1 Å². The Bertz CT molecular complexity index is 2920. The molecule has 1 saturated heterocycles. The number of nitrogens with zero attached hydrogens (tertiary/aromatic N) is 4. The van der Waals surface area contributed by atoms with E-state index in [1.54, 1.807) is 58.0 Å². The highest BCUT2D eigenvalue weighted by Crippen LogP contribution is 2.22. The highest BCUT2D eigenvalue weighted by atomic mass is 16.4. The molecule has 2 aromatic carbocycles. The normalized spacial score (nSPS) is 16.1. The monoisotopic (exact) mass is 1180 g/mol. The van der Waals surface area contributed by atoms with Gasteiger partial charge in [0.15, 0.2) is 5.96 Å². The topological polar surface area (TPSA) is 467 Å². The number of amides is 8. The van der Waals surface area contributed by atoms with Crippen LogP contribution in [0, 0.1) is 11.8 Å². The van der Waals surface area contributed by atoms with Crippen LogP contribution in [0.4, 0.5) is 0 Å². The fourth-order valence-corrected chi connectivity index (χ4v) is 9.41. The minimum absolute atomic E-state index is 0.0369. The van der Waals surface area contributed by atoms with Crippen LogP contribution in [0.5, 0.6) is 5.75 Å². The van der Waals surface area contributed by atoms with Gasteiger partial charge >= 0.3 is 11.9 Å². The Kier molecular flexibility index (Phi) is 25.3. The average molecular weight is 1180 g/mol. The number of aromatic hydroxyl groups is 1. The van der Waals surface area contributed by atoms with Crippen LogP contribution in [0.15, 0.2) is 84.6 Å². The molecule has 5 rings (SSSR count). The number of aliphatic carboxylic acids is 2. The molecule has 1 fully saturated rings. The minimum atomic E-state index is -1.52. The quantitative estimate of drug-likeness (QED) is 0.0141. The summed E-state index contributed by atoms with van der Waals surface area (Å²) in [4.78, 5) is 157. The van der Waals surface area contributed by atoms with Crippen LogP contribution in [0.3, 0.4) is 0 Å². The van der Waals surface area contributed by atoms with Crippen molar-refractivity contribution in [1.29, 1.82) is 0 Å². The summed E-state index contributed by atoms with van der Waals surface area (Å²) in [6.45, 7) is 6.81. The van der Waals surface area contributed by atoms with Crippen LogP contribution in [0.1, 0.15) is 88.7 Å². The van der Waals surface area contributed by atoms with Crippen molar-refractivity contribution in [1.82, 2.24) is 62.1 Å². The van der Waals surface area contributed by atoms with Crippen LogP contribution in [-0.2, 0) is 73.6 Å². The van der Waals surface area contributed by atoms with Crippen molar-refractivity contribution in [2.24, 2.45) is 34.0 Å². The fourth-order valence-electron chi connectivity index (χ4n) is 9.41.